The summed E-state index contributed by atoms with van der Waals surface area (Å²) in [6.07, 6.45) is 4.82. The Bertz CT molecular complexity index is 885. The van der Waals surface area contributed by atoms with Crippen molar-refractivity contribution in [2.45, 2.75) is 57.1 Å². The highest BCUT2D eigenvalue weighted by Gasteiger charge is 2.27. The van der Waals surface area contributed by atoms with Crippen molar-refractivity contribution in [3.05, 3.63) is 24.0 Å². The van der Waals surface area contributed by atoms with Crippen LogP contribution in [0, 0.1) is 5.92 Å². The predicted molar refractivity (Wildman–Crippen MR) is 93.2 cm³/mol. The summed E-state index contributed by atoms with van der Waals surface area (Å²) >= 11 is 0. The summed E-state index contributed by atoms with van der Waals surface area (Å²) < 4.78 is 30.5. The van der Waals surface area contributed by atoms with Crippen LogP contribution in [0.15, 0.2) is 23.1 Å². The standard InChI is InChI=1S/C17H23N3O4S/c1-2-3-9-20-15-8-7-13(25(18,22)23)10-14(15)19-16(20)11-24-17(21)12-5-4-6-12/h7-8,10,12H,2-6,9,11H2,1H3,(H2,18,22,23). The number of carbonyl (C=O) groups is 1. The predicted octanol–water partition coefficient (Wildman–Crippen LogP) is 2.33. The van der Waals surface area contributed by atoms with Crippen LogP contribution in [0.25, 0.3) is 11.0 Å². The number of nitrogens with zero attached hydrogens (tertiary/aromatic N) is 2. The molecule has 3 rings (SSSR count). The van der Waals surface area contributed by atoms with Crippen molar-refractivity contribution in [3.63, 3.8) is 0 Å². The van der Waals surface area contributed by atoms with Crippen molar-refractivity contribution in [1.82, 2.24) is 9.55 Å². The van der Waals surface area contributed by atoms with E-state index in [9.17, 15) is 13.2 Å². The Morgan fingerprint density at radius 3 is 2.76 bits per heavy atom. The van der Waals surface area contributed by atoms with Gasteiger partial charge in [0.2, 0.25) is 10.0 Å². The number of benzene rings is 1. The molecular formula is C17H23N3O4S. The number of carbonyl (C=O) groups excluding carboxylic acids is 1. The van der Waals surface area contributed by atoms with Crippen LogP contribution in [0.3, 0.4) is 0 Å². The van der Waals surface area contributed by atoms with E-state index in [1.54, 1.807) is 6.07 Å². The van der Waals surface area contributed by atoms with Gasteiger partial charge in [0.05, 0.1) is 21.8 Å². The van der Waals surface area contributed by atoms with Crippen LogP contribution in [0.1, 0.15) is 44.9 Å². The van der Waals surface area contributed by atoms with Gasteiger partial charge in [-0.1, -0.05) is 19.8 Å². The van der Waals surface area contributed by atoms with E-state index in [4.69, 9.17) is 9.88 Å². The molecule has 136 valence electrons. The van der Waals surface area contributed by atoms with E-state index in [0.717, 1.165) is 44.2 Å². The second-order valence-electron chi connectivity index (χ2n) is 6.46. The van der Waals surface area contributed by atoms with Crippen LogP contribution in [0.5, 0.6) is 0 Å². The largest absolute Gasteiger partial charge is 0.457 e. The number of primary sulfonamides is 1. The molecule has 25 heavy (non-hydrogen) atoms. The highest BCUT2D eigenvalue weighted by atomic mass is 32.2. The first kappa shape index (κ1) is 17.9. The number of aromatic nitrogens is 2. The molecule has 1 saturated carbocycles. The Balaban J connectivity index is 1.89. The molecule has 0 radical (unpaired) electrons. The second kappa shape index (κ2) is 7.13. The molecule has 1 aromatic heterocycles. The Morgan fingerprint density at radius 2 is 2.16 bits per heavy atom. The van der Waals surface area contributed by atoms with Gasteiger partial charge in [-0.15, -0.1) is 0 Å². The molecule has 1 aliphatic carbocycles. The molecule has 1 fully saturated rings. The van der Waals surface area contributed by atoms with E-state index in [1.807, 2.05) is 4.57 Å². The molecule has 1 aromatic carbocycles. The number of hydrogen-bond acceptors (Lipinski definition) is 5. The number of esters is 1. The third-order valence-electron chi connectivity index (χ3n) is 4.64. The zero-order chi connectivity index (χ0) is 18.0. The summed E-state index contributed by atoms with van der Waals surface area (Å²) in [5.41, 5.74) is 1.35. The molecule has 8 heteroatoms. The number of ether oxygens (including phenoxy) is 1. The number of imidazole rings is 1. The fraction of sp³-hybridized carbons (Fsp3) is 0.529. The minimum atomic E-state index is -3.78. The van der Waals surface area contributed by atoms with E-state index in [-0.39, 0.29) is 23.4 Å². The molecule has 0 amide bonds. The van der Waals surface area contributed by atoms with Gasteiger partial charge in [-0.05, 0) is 37.5 Å². The maximum Gasteiger partial charge on any atom is 0.309 e. The van der Waals surface area contributed by atoms with Gasteiger partial charge >= 0.3 is 5.97 Å². The van der Waals surface area contributed by atoms with Gasteiger partial charge in [0, 0.05) is 6.54 Å². The minimum Gasteiger partial charge on any atom is -0.457 e. The van der Waals surface area contributed by atoms with Crippen LogP contribution in [-0.4, -0.2) is 23.9 Å². The van der Waals surface area contributed by atoms with E-state index < -0.39 is 10.0 Å². The van der Waals surface area contributed by atoms with Crippen molar-refractivity contribution in [3.8, 4) is 0 Å². The maximum absolute atomic E-state index is 12.0. The number of sulfonamides is 1. The fourth-order valence-electron chi connectivity index (χ4n) is 2.91. The quantitative estimate of drug-likeness (QED) is 0.758. The molecular weight excluding hydrogens is 342 g/mol. The summed E-state index contributed by atoms with van der Waals surface area (Å²) in [6, 6.07) is 4.64. The Labute approximate surface area is 147 Å². The zero-order valence-electron chi connectivity index (χ0n) is 14.3. The Kier molecular flexibility index (Phi) is 5.10. The summed E-state index contributed by atoms with van der Waals surface area (Å²) in [7, 11) is -3.78. The number of hydrogen-bond donors (Lipinski definition) is 1. The molecule has 0 spiro atoms. The first-order valence-corrected chi connectivity index (χ1v) is 10.1. The van der Waals surface area contributed by atoms with Crippen molar-refractivity contribution < 1.29 is 17.9 Å². The number of aryl methyl sites for hydroxylation is 1. The fourth-order valence-corrected chi connectivity index (χ4v) is 3.44. The molecule has 7 nitrogen and oxygen atoms in total. The maximum atomic E-state index is 12.0. The summed E-state index contributed by atoms with van der Waals surface area (Å²) in [5.74, 6) is 0.468. The molecule has 2 aromatic rings. The van der Waals surface area contributed by atoms with Gasteiger partial charge in [0.15, 0.2) is 0 Å². The molecule has 0 saturated heterocycles. The Morgan fingerprint density at radius 1 is 1.40 bits per heavy atom. The van der Waals surface area contributed by atoms with Crippen LogP contribution in [0.2, 0.25) is 0 Å². The van der Waals surface area contributed by atoms with Crippen LogP contribution in [0.4, 0.5) is 0 Å². The Hall–Kier alpha value is -1.93. The van der Waals surface area contributed by atoms with Crippen LogP contribution >= 0.6 is 0 Å². The molecule has 0 atom stereocenters. The normalized spacial score (nSPS) is 15.3. The van der Waals surface area contributed by atoms with Gasteiger partial charge < -0.3 is 9.30 Å². The summed E-state index contributed by atoms with van der Waals surface area (Å²) in [6.45, 7) is 2.92. The lowest BCUT2D eigenvalue weighted by Gasteiger charge is -2.23. The number of rotatable bonds is 7. The average molecular weight is 365 g/mol. The van der Waals surface area contributed by atoms with Gasteiger partial charge in [0.1, 0.15) is 12.4 Å². The van der Waals surface area contributed by atoms with Gasteiger partial charge in [-0.3, -0.25) is 4.79 Å². The molecule has 2 N–H and O–H groups in total. The monoisotopic (exact) mass is 365 g/mol. The summed E-state index contributed by atoms with van der Waals surface area (Å²) in [4.78, 5) is 16.5. The van der Waals surface area contributed by atoms with Gasteiger partial charge in [0.25, 0.3) is 0 Å². The smallest absolute Gasteiger partial charge is 0.309 e. The van der Waals surface area contributed by atoms with Gasteiger partial charge in [-0.2, -0.15) is 0 Å². The molecule has 0 aliphatic heterocycles. The number of nitrogens with two attached hydrogens (primary N) is 1. The third kappa shape index (κ3) is 3.85. The number of unbranched alkanes of at least 4 members (excludes halogenated alkanes) is 1. The highest BCUT2D eigenvalue weighted by molar-refractivity contribution is 7.89. The molecule has 1 aliphatic rings. The lowest BCUT2D eigenvalue weighted by atomic mass is 9.86. The van der Waals surface area contributed by atoms with E-state index in [1.165, 1.54) is 12.1 Å². The van der Waals surface area contributed by atoms with Crippen molar-refractivity contribution in [2.24, 2.45) is 11.1 Å². The minimum absolute atomic E-state index is 0.0162. The van der Waals surface area contributed by atoms with E-state index in [0.29, 0.717) is 11.3 Å². The first-order chi connectivity index (χ1) is 11.9. The topological polar surface area (TPSA) is 104 Å². The zero-order valence-corrected chi connectivity index (χ0v) is 15.1. The third-order valence-corrected chi connectivity index (χ3v) is 5.56. The molecule has 1 heterocycles. The van der Waals surface area contributed by atoms with E-state index >= 15 is 0 Å². The first-order valence-electron chi connectivity index (χ1n) is 8.58. The average Bonchev–Trinajstić information content (AvgIpc) is 2.85. The SMILES string of the molecule is CCCCn1c(COC(=O)C2CCC2)nc2cc(S(N)(=O)=O)ccc21. The van der Waals surface area contributed by atoms with E-state index in [2.05, 4.69) is 11.9 Å². The lowest BCUT2D eigenvalue weighted by Crippen LogP contribution is -2.24. The van der Waals surface area contributed by atoms with Crippen molar-refractivity contribution in [2.75, 3.05) is 0 Å². The number of fused-ring (bicyclic) bond motifs is 1. The van der Waals surface area contributed by atoms with Crippen LogP contribution < -0.4 is 5.14 Å². The highest BCUT2D eigenvalue weighted by Crippen LogP contribution is 2.28. The lowest BCUT2D eigenvalue weighted by molar-refractivity contribution is -0.153. The van der Waals surface area contributed by atoms with Crippen LogP contribution in [-0.2, 0) is 32.7 Å². The van der Waals surface area contributed by atoms with Crippen molar-refractivity contribution >= 4 is 27.0 Å². The van der Waals surface area contributed by atoms with Gasteiger partial charge in [-0.25, -0.2) is 18.5 Å². The van der Waals surface area contributed by atoms with Crippen molar-refractivity contribution in [1.29, 1.82) is 0 Å². The molecule has 0 bridgehead atoms. The summed E-state index contributed by atoms with van der Waals surface area (Å²) in [5, 5.41) is 5.19. The molecule has 0 unspecified atom stereocenters. The second-order valence-corrected chi connectivity index (χ2v) is 8.03.